The number of carbonyl (C=O) groups excluding carboxylic acids is 1. The highest BCUT2D eigenvalue weighted by molar-refractivity contribution is 5.97. The lowest BCUT2D eigenvalue weighted by atomic mass is 10.1. The Morgan fingerprint density at radius 2 is 2.15 bits per heavy atom. The summed E-state index contributed by atoms with van der Waals surface area (Å²) in [6, 6.07) is 7.36. The van der Waals surface area contributed by atoms with Crippen molar-refractivity contribution in [3.63, 3.8) is 0 Å². The highest BCUT2D eigenvalue weighted by atomic mass is 16.5. The number of nitrogens with zero attached hydrogens (tertiary/aromatic N) is 1. The van der Waals surface area contributed by atoms with Crippen molar-refractivity contribution in [2.45, 2.75) is 13.3 Å². The highest BCUT2D eigenvalue weighted by Gasteiger charge is 2.20. The van der Waals surface area contributed by atoms with Gasteiger partial charge < -0.3 is 14.4 Å². The number of para-hydroxylation sites is 1. The second-order valence-electron chi connectivity index (χ2n) is 5.00. The molecular weight excluding hydrogens is 254 g/mol. The van der Waals surface area contributed by atoms with Crippen LogP contribution in [0.4, 0.5) is 0 Å². The minimum absolute atomic E-state index is 0.00724. The van der Waals surface area contributed by atoms with Crippen molar-refractivity contribution in [2.75, 3.05) is 32.9 Å². The van der Waals surface area contributed by atoms with E-state index in [0.29, 0.717) is 31.1 Å². The van der Waals surface area contributed by atoms with Gasteiger partial charge >= 0.3 is 0 Å². The van der Waals surface area contributed by atoms with Crippen molar-refractivity contribution in [3.05, 3.63) is 42.0 Å². The lowest BCUT2D eigenvalue weighted by Gasteiger charge is -2.21. The van der Waals surface area contributed by atoms with E-state index in [-0.39, 0.29) is 5.91 Å². The zero-order valence-electron chi connectivity index (χ0n) is 11.9. The first-order chi connectivity index (χ1) is 9.68. The van der Waals surface area contributed by atoms with E-state index in [2.05, 4.69) is 6.58 Å². The summed E-state index contributed by atoms with van der Waals surface area (Å²) in [6.07, 6.45) is 0.876. The Morgan fingerprint density at radius 3 is 2.95 bits per heavy atom. The van der Waals surface area contributed by atoms with E-state index in [9.17, 15) is 4.79 Å². The van der Waals surface area contributed by atoms with E-state index in [0.717, 1.165) is 25.1 Å². The fraction of sp³-hybridized carbons (Fsp3) is 0.438. The molecule has 1 saturated heterocycles. The molecule has 0 aromatic heterocycles. The van der Waals surface area contributed by atoms with Crippen LogP contribution in [0, 0.1) is 0 Å². The van der Waals surface area contributed by atoms with Crippen molar-refractivity contribution >= 4 is 5.91 Å². The summed E-state index contributed by atoms with van der Waals surface area (Å²) in [5.74, 6) is 0.624. The van der Waals surface area contributed by atoms with E-state index >= 15 is 0 Å². The predicted molar refractivity (Wildman–Crippen MR) is 78.1 cm³/mol. The highest BCUT2D eigenvalue weighted by Crippen LogP contribution is 2.21. The maximum atomic E-state index is 12.6. The van der Waals surface area contributed by atoms with Crippen LogP contribution >= 0.6 is 0 Å². The number of hydrogen-bond acceptors (Lipinski definition) is 3. The first-order valence-corrected chi connectivity index (χ1v) is 6.91. The largest absolute Gasteiger partial charge is 0.488 e. The van der Waals surface area contributed by atoms with Crippen LogP contribution in [0.1, 0.15) is 23.7 Å². The molecule has 0 bridgehead atoms. The van der Waals surface area contributed by atoms with Crippen molar-refractivity contribution in [1.29, 1.82) is 0 Å². The average molecular weight is 275 g/mol. The molecule has 1 aromatic rings. The lowest BCUT2D eigenvalue weighted by molar-refractivity contribution is 0.0737. The molecule has 1 aromatic carbocycles. The van der Waals surface area contributed by atoms with E-state index in [1.807, 2.05) is 36.1 Å². The molecule has 0 N–H and O–H groups in total. The second kappa shape index (κ2) is 7.10. The van der Waals surface area contributed by atoms with Crippen LogP contribution in [0.5, 0.6) is 5.75 Å². The van der Waals surface area contributed by atoms with E-state index < -0.39 is 0 Å². The van der Waals surface area contributed by atoms with Gasteiger partial charge in [0.15, 0.2) is 0 Å². The van der Waals surface area contributed by atoms with Crippen molar-refractivity contribution in [1.82, 2.24) is 4.90 Å². The third-order valence-electron chi connectivity index (χ3n) is 3.10. The molecule has 1 amide bonds. The monoisotopic (exact) mass is 275 g/mol. The maximum Gasteiger partial charge on any atom is 0.257 e. The fourth-order valence-electron chi connectivity index (χ4n) is 2.09. The number of hydrogen-bond donors (Lipinski definition) is 0. The molecule has 4 heteroatoms. The summed E-state index contributed by atoms with van der Waals surface area (Å²) in [7, 11) is 0. The molecular formula is C16H21NO3. The molecule has 0 spiro atoms. The van der Waals surface area contributed by atoms with E-state index in [1.54, 1.807) is 0 Å². The standard InChI is InChI=1S/C16H21NO3/c1-13(2)12-20-15-7-4-3-6-14(15)16(18)17-8-5-10-19-11-9-17/h3-4,6-7H,1,5,8-12H2,2H3. The first kappa shape index (κ1) is 14.6. The maximum absolute atomic E-state index is 12.6. The third kappa shape index (κ3) is 3.84. The minimum Gasteiger partial charge on any atom is -0.488 e. The van der Waals surface area contributed by atoms with Gasteiger partial charge in [-0.1, -0.05) is 18.7 Å². The van der Waals surface area contributed by atoms with Gasteiger partial charge in [-0.3, -0.25) is 4.79 Å². The number of benzene rings is 1. The Balaban J connectivity index is 2.13. The van der Waals surface area contributed by atoms with Gasteiger partial charge in [0.25, 0.3) is 5.91 Å². The van der Waals surface area contributed by atoms with Crippen molar-refractivity contribution in [2.24, 2.45) is 0 Å². The van der Waals surface area contributed by atoms with Crippen molar-refractivity contribution < 1.29 is 14.3 Å². The van der Waals surface area contributed by atoms with Crippen LogP contribution in [0.25, 0.3) is 0 Å². The molecule has 1 aliphatic heterocycles. The van der Waals surface area contributed by atoms with Gasteiger partial charge in [-0.25, -0.2) is 0 Å². The van der Waals surface area contributed by atoms with Crippen LogP contribution in [0.15, 0.2) is 36.4 Å². The SMILES string of the molecule is C=C(C)COc1ccccc1C(=O)N1CCCOCC1. The van der Waals surface area contributed by atoms with Gasteiger partial charge in [-0.2, -0.15) is 0 Å². The summed E-state index contributed by atoms with van der Waals surface area (Å²) in [5.41, 5.74) is 1.53. The summed E-state index contributed by atoms with van der Waals surface area (Å²) >= 11 is 0. The Kier molecular flexibility index (Phi) is 5.18. The zero-order chi connectivity index (χ0) is 14.4. The fourth-order valence-corrected chi connectivity index (χ4v) is 2.09. The molecule has 0 radical (unpaired) electrons. The Hall–Kier alpha value is -1.81. The summed E-state index contributed by atoms with van der Waals surface area (Å²) < 4.78 is 11.0. The van der Waals surface area contributed by atoms with Crippen LogP contribution in [-0.4, -0.2) is 43.7 Å². The molecule has 2 rings (SSSR count). The van der Waals surface area contributed by atoms with Crippen LogP contribution in [0.3, 0.4) is 0 Å². The minimum atomic E-state index is 0.00724. The first-order valence-electron chi connectivity index (χ1n) is 6.91. The van der Waals surface area contributed by atoms with Gasteiger partial charge in [0.2, 0.25) is 0 Å². The van der Waals surface area contributed by atoms with Gasteiger partial charge in [-0.05, 0) is 31.1 Å². The topological polar surface area (TPSA) is 38.8 Å². The third-order valence-corrected chi connectivity index (χ3v) is 3.10. The number of carbonyl (C=O) groups is 1. The summed E-state index contributed by atoms with van der Waals surface area (Å²) in [6.45, 7) is 8.81. The average Bonchev–Trinajstić information content (AvgIpc) is 2.73. The molecule has 1 fully saturated rings. The summed E-state index contributed by atoms with van der Waals surface area (Å²) in [5, 5.41) is 0. The van der Waals surface area contributed by atoms with Gasteiger partial charge in [0.05, 0.1) is 12.2 Å². The number of ether oxygens (including phenoxy) is 2. The van der Waals surface area contributed by atoms with Crippen LogP contribution in [-0.2, 0) is 4.74 Å². The van der Waals surface area contributed by atoms with E-state index in [4.69, 9.17) is 9.47 Å². The Labute approximate surface area is 120 Å². The molecule has 0 aliphatic carbocycles. The zero-order valence-corrected chi connectivity index (χ0v) is 11.9. The summed E-state index contributed by atoms with van der Waals surface area (Å²) in [4.78, 5) is 14.4. The van der Waals surface area contributed by atoms with Crippen LogP contribution < -0.4 is 4.74 Å². The molecule has 4 nitrogen and oxygen atoms in total. The van der Waals surface area contributed by atoms with Crippen molar-refractivity contribution in [3.8, 4) is 5.75 Å². The molecule has 1 aliphatic rings. The van der Waals surface area contributed by atoms with Gasteiger partial charge in [-0.15, -0.1) is 0 Å². The normalized spacial score (nSPS) is 15.6. The number of rotatable bonds is 4. The molecule has 108 valence electrons. The number of amides is 1. The molecule has 0 unspecified atom stereocenters. The quantitative estimate of drug-likeness (QED) is 0.793. The molecule has 20 heavy (non-hydrogen) atoms. The van der Waals surface area contributed by atoms with Gasteiger partial charge in [0, 0.05) is 19.7 Å². The van der Waals surface area contributed by atoms with Gasteiger partial charge in [0.1, 0.15) is 12.4 Å². The Morgan fingerprint density at radius 1 is 1.35 bits per heavy atom. The van der Waals surface area contributed by atoms with Crippen LogP contribution in [0.2, 0.25) is 0 Å². The smallest absolute Gasteiger partial charge is 0.257 e. The molecule has 1 heterocycles. The second-order valence-corrected chi connectivity index (χ2v) is 5.00. The Bertz CT molecular complexity index is 476. The molecule has 0 saturated carbocycles. The van der Waals surface area contributed by atoms with E-state index in [1.165, 1.54) is 0 Å². The lowest BCUT2D eigenvalue weighted by Crippen LogP contribution is -2.33. The predicted octanol–water partition coefficient (Wildman–Crippen LogP) is 2.50. The molecule has 0 atom stereocenters.